The highest BCUT2D eigenvalue weighted by Gasteiger charge is 2.13. The molecule has 0 atom stereocenters. The number of rotatable bonds is 3. The van der Waals surface area contributed by atoms with Gasteiger partial charge in [-0.25, -0.2) is 4.98 Å². The number of nitrogens with zero attached hydrogens (tertiary/aromatic N) is 2. The zero-order chi connectivity index (χ0) is 15.5. The van der Waals surface area contributed by atoms with Gasteiger partial charge in [0, 0.05) is 6.08 Å². The molecule has 0 aliphatic heterocycles. The van der Waals surface area contributed by atoms with Crippen molar-refractivity contribution in [1.29, 1.82) is 5.26 Å². The average Bonchev–Trinajstić information content (AvgIpc) is 3.09. The van der Waals surface area contributed by atoms with Crippen LogP contribution in [0.25, 0.3) is 16.3 Å². The second-order valence-electron chi connectivity index (χ2n) is 4.25. The Hall–Kier alpha value is -2.62. The highest BCUT2D eigenvalue weighted by molar-refractivity contribution is 7.22. The maximum Gasteiger partial charge on any atom is 0.268 e. The lowest BCUT2D eigenvalue weighted by molar-refractivity contribution is -0.112. The molecular formula is C15H8ClN3O2S. The zero-order valence-corrected chi connectivity index (χ0v) is 12.6. The fourth-order valence-electron chi connectivity index (χ4n) is 1.79. The van der Waals surface area contributed by atoms with Crippen LogP contribution in [0.3, 0.4) is 0 Å². The number of para-hydroxylation sites is 1. The maximum atomic E-state index is 12.1. The van der Waals surface area contributed by atoms with Gasteiger partial charge >= 0.3 is 0 Å². The lowest BCUT2D eigenvalue weighted by Gasteiger charge is -1.98. The van der Waals surface area contributed by atoms with Crippen molar-refractivity contribution in [3.05, 3.63) is 53.0 Å². The highest BCUT2D eigenvalue weighted by Crippen LogP contribution is 2.26. The molecule has 0 radical (unpaired) electrons. The molecule has 0 saturated heterocycles. The first kappa shape index (κ1) is 14.3. The van der Waals surface area contributed by atoms with Crippen molar-refractivity contribution in [1.82, 2.24) is 4.98 Å². The van der Waals surface area contributed by atoms with Gasteiger partial charge in [-0.2, -0.15) is 5.26 Å². The van der Waals surface area contributed by atoms with E-state index >= 15 is 0 Å². The van der Waals surface area contributed by atoms with Gasteiger partial charge in [-0.3, -0.25) is 10.1 Å². The molecule has 0 fully saturated rings. The van der Waals surface area contributed by atoms with Crippen LogP contribution in [0.5, 0.6) is 0 Å². The number of carbonyl (C=O) groups excluding carboxylic acids is 1. The van der Waals surface area contributed by atoms with Crippen molar-refractivity contribution in [2.45, 2.75) is 0 Å². The summed E-state index contributed by atoms with van der Waals surface area (Å²) in [5.41, 5.74) is 0.702. The van der Waals surface area contributed by atoms with Gasteiger partial charge in [0.15, 0.2) is 10.4 Å². The summed E-state index contributed by atoms with van der Waals surface area (Å²) in [6.45, 7) is 0. The Labute approximate surface area is 134 Å². The molecule has 1 amide bonds. The molecule has 3 rings (SSSR count). The van der Waals surface area contributed by atoms with Crippen molar-refractivity contribution in [3.63, 3.8) is 0 Å². The molecule has 2 heterocycles. The molecule has 3 aromatic rings. The maximum absolute atomic E-state index is 12.1. The van der Waals surface area contributed by atoms with Gasteiger partial charge in [0.25, 0.3) is 5.91 Å². The van der Waals surface area contributed by atoms with Crippen molar-refractivity contribution in [2.75, 3.05) is 5.32 Å². The van der Waals surface area contributed by atoms with Crippen LogP contribution in [-0.4, -0.2) is 10.9 Å². The molecule has 0 unspecified atom stereocenters. The molecule has 108 valence electrons. The highest BCUT2D eigenvalue weighted by atomic mass is 35.5. The van der Waals surface area contributed by atoms with Crippen LogP contribution >= 0.6 is 22.9 Å². The Morgan fingerprint density at radius 1 is 1.36 bits per heavy atom. The van der Waals surface area contributed by atoms with Crippen molar-refractivity contribution >= 4 is 50.3 Å². The van der Waals surface area contributed by atoms with E-state index in [2.05, 4.69) is 10.3 Å². The van der Waals surface area contributed by atoms with E-state index in [-0.39, 0.29) is 10.8 Å². The first-order valence-corrected chi connectivity index (χ1v) is 7.39. The molecular weight excluding hydrogens is 322 g/mol. The van der Waals surface area contributed by atoms with Crippen LogP contribution in [0.1, 0.15) is 5.76 Å². The standard InChI is InChI=1S/C15H8ClN3O2S/c16-13-6-5-10(21-13)7-9(8-17)14(20)19-15-18-11-3-1-2-4-12(11)22-15/h1-7H,(H,18,19,20)/b9-7-. The van der Waals surface area contributed by atoms with Gasteiger partial charge in [-0.1, -0.05) is 23.5 Å². The predicted molar refractivity (Wildman–Crippen MR) is 85.6 cm³/mol. The largest absolute Gasteiger partial charge is 0.445 e. The molecule has 1 N–H and O–H groups in total. The number of anilines is 1. The molecule has 22 heavy (non-hydrogen) atoms. The summed E-state index contributed by atoms with van der Waals surface area (Å²) >= 11 is 6.99. The second kappa shape index (κ2) is 6.02. The van der Waals surface area contributed by atoms with Crippen LogP contribution in [-0.2, 0) is 4.79 Å². The average molecular weight is 330 g/mol. The van der Waals surface area contributed by atoms with E-state index < -0.39 is 5.91 Å². The number of nitriles is 1. The fraction of sp³-hybridized carbons (Fsp3) is 0. The Morgan fingerprint density at radius 2 is 2.18 bits per heavy atom. The summed E-state index contributed by atoms with van der Waals surface area (Å²) in [4.78, 5) is 16.4. The van der Waals surface area contributed by atoms with Crippen LogP contribution in [0.15, 0.2) is 46.4 Å². The Balaban J connectivity index is 1.83. The molecule has 1 aromatic carbocycles. The van der Waals surface area contributed by atoms with Crippen LogP contribution in [0.4, 0.5) is 5.13 Å². The number of hydrogen-bond donors (Lipinski definition) is 1. The predicted octanol–water partition coefficient (Wildman–Crippen LogP) is 4.09. The topological polar surface area (TPSA) is 78.9 Å². The second-order valence-corrected chi connectivity index (χ2v) is 5.66. The lowest BCUT2D eigenvalue weighted by Crippen LogP contribution is -2.13. The van der Waals surface area contributed by atoms with Crippen molar-refractivity contribution in [2.24, 2.45) is 0 Å². The van der Waals surface area contributed by atoms with Crippen LogP contribution < -0.4 is 5.32 Å². The van der Waals surface area contributed by atoms with E-state index in [4.69, 9.17) is 21.3 Å². The number of thiazole rings is 1. The van der Waals surface area contributed by atoms with Gasteiger partial charge in [0.05, 0.1) is 10.2 Å². The normalized spacial score (nSPS) is 11.4. The summed E-state index contributed by atoms with van der Waals surface area (Å²) in [6, 6.07) is 12.5. The summed E-state index contributed by atoms with van der Waals surface area (Å²) in [5, 5.41) is 12.3. The molecule has 2 aromatic heterocycles. The van der Waals surface area contributed by atoms with E-state index in [1.165, 1.54) is 23.5 Å². The Kier molecular flexibility index (Phi) is 3.92. The van der Waals surface area contributed by atoms with Crippen LogP contribution in [0, 0.1) is 11.3 Å². The minimum absolute atomic E-state index is 0.0923. The third-order valence-corrected chi connectivity index (χ3v) is 3.91. The van der Waals surface area contributed by atoms with E-state index in [1.54, 1.807) is 6.07 Å². The number of amides is 1. The number of hydrogen-bond acceptors (Lipinski definition) is 5. The third-order valence-electron chi connectivity index (χ3n) is 2.76. The van der Waals surface area contributed by atoms with Crippen molar-refractivity contribution in [3.8, 4) is 6.07 Å². The van der Waals surface area contributed by atoms with Gasteiger partial charge in [0.1, 0.15) is 17.4 Å². The summed E-state index contributed by atoms with van der Waals surface area (Å²) < 4.78 is 6.07. The van der Waals surface area contributed by atoms with E-state index in [1.807, 2.05) is 30.3 Å². The number of halogens is 1. The van der Waals surface area contributed by atoms with E-state index in [0.29, 0.717) is 10.9 Å². The molecule has 0 saturated carbocycles. The van der Waals surface area contributed by atoms with Gasteiger partial charge in [-0.05, 0) is 35.9 Å². The quantitative estimate of drug-likeness (QED) is 0.580. The third kappa shape index (κ3) is 3.01. The van der Waals surface area contributed by atoms with Gasteiger partial charge in [0.2, 0.25) is 0 Å². The first-order chi connectivity index (χ1) is 10.7. The first-order valence-electron chi connectivity index (χ1n) is 6.20. The van der Waals surface area contributed by atoms with E-state index in [0.717, 1.165) is 10.2 Å². The fourth-order valence-corrected chi connectivity index (χ4v) is 2.80. The number of carbonyl (C=O) groups is 1. The summed E-state index contributed by atoms with van der Waals surface area (Å²) in [6.07, 6.45) is 1.33. The minimum Gasteiger partial charge on any atom is -0.445 e. The molecule has 5 nitrogen and oxygen atoms in total. The molecule has 0 aliphatic carbocycles. The minimum atomic E-state index is -0.547. The Morgan fingerprint density at radius 3 is 2.86 bits per heavy atom. The van der Waals surface area contributed by atoms with E-state index in [9.17, 15) is 4.79 Å². The lowest BCUT2D eigenvalue weighted by atomic mass is 10.2. The summed E-state index contributed by atoms with van der Waals surface area (Å²) in [7, 11) is 0. The molecule has 0 spiro atoms. The summed E-state index contributed by atoms with van der Waals surface area (Å²) in [5.74, 6) is -0.213. The van der Waals surface area contributed by atoms with Gasteiger partial charge < -0.3 is 4.42 Å². The zero-order valence-electron chi connectivity index (χ0n) is 11.0. The number of aromatic nitrogens is 1. The van der Waals surface area contributed by atoms with Crippen LogP contribution in [0.2, 0.25) is 5.22 Å². The number of nitrogens with one attached hydrogen (secondary N) is 1. The Bertz CT molecular complexity index is 887. The van der Waals surface area contributed by atoms with Crippen molar-refractivity contribution < 1.29 is 9.21 Å². The molecule has 7 heteroatoms. The smallest absolute Gasteiger partial charge is 0.268 e. The monoisotopic (exact) mass is 329 g/mol. The SMILES string of the molecule is N#C/C(=C/c1ccc(Cl)o1)C(=O)Nc1nc2ccccc2s1. The molecule has 0 bridgehead atoms. The number of benzene rings is 1. The van der Waals surface area contributed by atoms with Gasteiger partial charge in [-0.15, -0.1) is 0 Å². The molecule has 0 aliphatic rings. The number of furan rings is 1. The number of fused-ring (bicyclic) bond motifs is 1.